The highest BCUT2D eigenvalue weighted by atomic mass is 32.1. The van der Waals surface area contributed by atoms with Gasteiger partial charge in [-0.15, -0.1) is 34.0 Å². The highest BCUT2D eigenvalue weighted by Crippen LogP contribution is 2.29. The fourth-order valence-electron chi connectivity index (χ4n) is 2.97. The number of aldehydes is 1. The third-order valence-electron chi connectivity index (χ3n) is 4.77. The van der Waals surface area contributed by atoms with E-state index in [0.717, 1.165) is 35.7 Å². The average molecular weight is 616 g/mol. The van der Waals surface area contributed by atoms with E-state index in [1.165, 1.54) is 11.3 Å². The molecule has 0 aliphatic rings. The third kappa shape index (κ3) is 9.59. The third-order valence-corrected chi connectivity index (χ3v) is 9.39. The zero-order valence-corrected chi connectivity index (χ0v) is 25.2. The normalized spacial score (nSPS) is 10.6. The van der Waals surface area contributed by atoms with Gasteiger partial charge < -0.3 is 4.74 Å². The van der Waals surface area contributed by atoms with E-state index in [-0.39, 0.29) is 0 Å². The molecule has 0 aromatic carbocycles. The highest BCUT2D eigenvalue weighted by molar-refractivity contribution is 7.15. The van der Waals surface area contributed by atoms with Crippen molar-refractivity contribution in [3.05, 3.63) is 117 Å². The summed E-state index contributed by atoms with van der Waals surface area (Å²) >= 11 is 7.67. The maximum absolute atomic E-state index is 10.1. The summed E-state index contributed by atoms with van der Waals surface area (Å²) in [6.45, 7) is 7.34. The van der Waals surface area contributed by atoms with Gasteiger partial charge in [-0.3, -0.25) is 4.79 Å². The van der Waals surface area contributed by atoms with Crippen LogP contribution in [0.3, 0.4) is 0 Å². The minimum absolute atomic E-state index is 0.553. The zero-order valence-electron chi connectivity index (χ0n) is 21.1. The molecule has 0 N–H and O–H groups in total. The standard InChI is InChI=1S/C18H10N2S3.C6H5NS.C6H6O2S/c1-20-16(18-5-3-9-22-18)11-15-7-6-14(23-15)10-13(12-19)17-4-2-8-21-17;7-4-3-6-2-1-5-8-6;1-8-6-3-2-5(4-7)9-6/h2-11H;1-2,5H,3H2;2-4H,1H3/b13-10+,16-11-;;. The number of carbonyl (C=O) groups excluding carboxylic acids is 1. The number of hydrogen-bond acceptors (Lipinski definition) is 9. The lowest BCUT2D eigenvalue weighted by atomic mass is 10.2. The summed E-state index contributed by atoms with van der Waals surface area (Å²) in [6.07, 6.45) is 5.17. The molecule has 5 nitrogen and oxygen atoms in total. The van der Waals surface area contributed by atoms with Crippen molar-refractivity contribution in [3.63, 3.8) is 0 Å². The Morgan fingerprint density at radius 2 is 1.52 bits per heavy atom. The molecule has 0 unspecified atom stereocenters. The number of ether oxygens (including phenoxy) is 1. The van der Waals surface area contributed by atoms with Crippen molar-refractivity contribution < 1.29 is 9.53 Å². The van der Waals surface area contributed by atoms with Crippen LogP contribution in [0.2, 0.25) is 0 Å². The smallest absolute Gasteiger partial charge is 0.205 e. The highest BCUT2D eigenvalue weighted by Gasteiger charge is 2.06. The second-order valence-corrected chi connectivity index (χ2v) is 12.6. The lowest BCUT2D eigenvalue weighted by Crippen LogP contribution is -1.73. The summed E-state index contributed by atoms with van der Waals surface area (Å²) in [6, 6.07) is 23.5. The van der Waals surface area contributed by atoms with Crippen molar-refractivity contribution in [2.24, 2.45) is 0 Å². The van der Waals surface area contributed by atoms with Crippen LogP contribution in [-0.4, -0.2) is 13.4 Å². The number of thiophene rings is 5. The first-order valence-corrected chi connectivity index (χ1v) is 15.7. The molecule has 0 spiro atoms. The molecular formula is C30H21N3O2S5. The summed E-state index contributed by atoms with van der Waals surface area (Å²) in [5.74, 6) is 0. The average Bonchev–Trinajstić information content (AvgIpc) is 3.82. The van der Waals surface area contributed by atoms with E-state index in [1.54, 1.807) is 64.6 Å². The van der Waals surface area contributed by atoms with Gasteiger partial charge in [0, 0.05) is 24.4 Å². The fourth-order valence-corrected chi connectivity index (χ4v) is 6.52. The Hall–Kier alpha value is -4.08. The number of nitriles is 2. The summed E-state index contributed by atoms with van der Waals surface area (Å²) in [7, 11) is 1.58. The second-order valence-electron chi connectivity index (χ2n) is 7.40. The molecule has 0 aliphatic heterocycles. The Morgan fingerprint density at radius 1 is 0.875 bits per heavy atom. The predicted octanol–water partition coefficient (Wildman–Crippen LogP) is 9.74. The van der Waals surface area contributed by atoms with Crippen LogP contribution in [0.4, 0.5) is 0 Å². The van der Waals surface area contributed by atoms with Crippen LogP contribution in [0.25, 0.3) is 28.3 Å². The lowest BCUT2D eigenvalue weighted by molar-refractivity contribution is 0.112. The van der Waals surface area contributed by atoms with Crippen LogP contribution >= 0.6 is 56.7 Å². The van der Waals surface area contributed by atoms with Gasteiger partial charge in [0.1, 0.15) is 6.07 Å². The van der Waals surface area contributed by atoms with Crippen molar-refractivity contribution in [2.75, 3.05) is 7.11 Å². The van der Waals surface area contributed by atoms with E-state index >= 15 is 0 Å². The Labute approximate surface area is 253 Å². The van der Waals surface area contributed by atoms with E-state index in [2.05, 4.69) is 17.0 Å². The molecule has 0 aliphatic carbocycles. The maximum Gasteiger partial charge on any atom is 0.205 e. The Morgan fingerprint density at radius 3 is 2.02 bits per heavy atom. The monoisotopic (exact) mass is 615 g/mol. The lowest BCUT2D eigenvalue weighted by Gasteiger charge is -1.93. The van der Waals surface area contributed by atoms with Gasteiger partial charge in [0.15, 0.2) is 11.3 Å². The SMILES string of the molecule is COc1ccc(C=O)s1.N#CCc1cccs1.[C-]#[N+]/C(=C\c1ccc(/C=C(\C#N)c2cccs2)s1)c1cccs1. The van der Waals surface area contributed by atoms with E-state index in [0.29, 0.717) is 22.6 Å². The molecule has 0 atom stereocenters. The first kappa shape index (κ1) is 30.5. The summed E-state index contributed by atoms with van der Waals surface area (Å²) < 4.78 is 4.86. The van der Waals surface area contributed by atoms with Crippen LogP contribution in [0.15, 0.2) is 76.8 Å². The van der Waals surface area contributed by atoms with Crippen LogP contribution in [0.1, 0.15) is 34.1 Å². The van der Waals surface area contributed by atoms with Crippen LogP contribution in [0, 0.1) is 29.2 Å². The van der Waals surface area contributed by atoms with Gasteiger partial charge in [-0.05, 0) is 64.7 Å². The minimum Gasteiger partial charge on any atom is -0.487 e. The summed E-state index contributed by atoms with van der Waals surface area (Å²) in [5.41, 5.74) is 1.32. The molecule has 5 rings (SSSR count). The quantitative estimate of drug-likeness (QED) is 0.104. The van der Waals surface area contributed by atoms with Crippen LogP contribution in [-0.2, 0) is 6.42 Å². The van der Waals surface area contributed by atoms with Crippen LogP contribution < -0.4 is 4.74 Å². The molecule has 0 saturated carbocycles. The Bertz CT molecular complexity index is 1570. The van der Waals surface area contributed by atoms with Gasteiger partial charge in [0.2, 0.25) is 5.70 Å². The van der Waals surface area contributed by atoms with E-state index < -0.39 is 0 Å². The number of carbonyl (C=O) groups is 1. The molecule has 0 fully saturated rings. The molecule has 0 bridgehead atoms. The fraction of sp³-hybridized carbons (Fsp3) is 0.0667. The number of nitrogens with zero attached hydrogens (tertiary/aromatic N) is 3. The largest absolute Gasteiger partial charge is 0.487 e. The predicted molar refractivity (Wildman–Crippen MR) is 171 cm³/mol. The van der Waals surface area contributed by atoms with Crippen molar-refractivity contribution in [1.29, 1.82) is 10.5 Å². The Balaban J connectivity index is 0.000000211. The molecule has 0 radical (unpaired) electrons. The van der Waals surface area contributed by atoms with Crippen molar-refractivity contribution >= 4 is 86.4 Å². The van der Waals surface area contributed by atoms with E-state index in [4.69, 9.17) is 16.6 Å². The molecule has 0 saturated heterocycles. The van der Waals surface area contributed by atoms with Crippen molar-refractivity contribution in [1.82, 2.24) is 0 Å². The topological polar surface area (TPSA) is 78.2 Å². The summed E-state index contributed by atoms with van der Waals surface area (Å²) in [4.78, 5) is 19.5. The number of hydrogen-bond donors (Lipinski definition) is 0. The van der Waals surface area contributed by atoms with Crippen LogP contribution in [0.5, 0.6) is 5.06 Å². The van der Waals surface area contributed by atoms with Gasteiger partial charge >= 0.3 is 0 Å². The van der Waals surface area contributed by atoms with Crippen molar-refractivity contribution in [3.8, 4) is 17.2 Å². The zero-order chi connectivity index (χ0) is 28.6. The van der Waals surface area contributed by atoms with Gasteiger partial charge in [0.25, 0.3) is 0 Å². The maximum atomic E-state index is 10.1. The molecule has 5 heterocycles. The van der Waals surface area contributed by atoms with E-state index in [1.807, 2.05) is 76.8 Å². The first-order valence-electron chi connectivity index (χ1n) is 11.5. The molecule has 198 valence electrons. The minimum atomic E-state index is 0.553. The summed E-state index contributed by atoms with van der Waals surface area (Å²) in [5, 5.41) is 24.2. The molecular weight excluding hydrogens is 595 g/mol. The molecule has 10 heteroatoms. The van der Waals surface area contributed by atoms with Gasteiger partial charge in [-0.25, -0.2) is 4.85 Å². The Kier molecular flexibility index (Phi) is 12.8. The molecule has 5 aromatic heterocycles. The number of methoxy groups -OCH3 is 1. The number of rotatable bonds is 7. The molecule has 5 aromatic rings. The first-order chi connectivity index (χ1) is 19.6. The molecule has 40 heavy (non-hydrogen) atoms. The van der Waals surface area contributed by atoms with Gasteiger partial charge in [-0.1, -0.05) is 35.6 Å². The number of allylic oxidation sites excluding steroid dienone is 1. The molecule has 0 amide bonds. The van der Waals surface area contributed by atoms with E-state index in [9.17, 15) is 10.1 Å². The van der Waals surface area contributed by atoms with Gasteiger partial charge in [-0.2, -0.15) is 21.9 Å². The van der Waals surface area contributed by atoms with Gasteiger partial charge in [0.05, 0.1) is 36.6 Å². The van der Waals surface area contributed by atoms with Crippen molar-refractivity contribution in [2.45, 2.75) is 6.42 Å². The second kappa shape index (κ2) is 16.8.